The molecule has 3 heterocycles. The van der Waals surface area contributed by atoms with Gasteiger partial charge in [-0.25, -0.2) is 19.2 Å². The smallest absolute Gasteiger partial charge is 0.339 e. The SMILES string of the molecule is COC(=O)c1cnc2nc([C@H](C)C3CCC(c4ccnc5ccc(F)cc45)CC3)[nH]c2c1. The number of halogens is 1. The van der Waals surface area contributed by atoms with Gasteiger partial charge in [-0.05, 0) is 73.4 Å². The first-order valence-corrected chi connectivity index (χ1v) is 11.0. The van der Waals surface area contributed by atoms with Crippen LogP contribution in [0.5, 0.6) is 0 Å². The van der Waals surface area contributed by atoms with Gasteiger partial charge in [0.15, 0.2) is 5.65 Å². The number of methoxy groups -OCH3 is 1. The third-order valence-electron chi connectivity index (χ3n) is 6.86. The van der Waals surface area contributed by atoms with Crippen molar-refractivity contribution in [2.24, 2.45) is 5.92 Å². The van der Waals surface area contributed by atoms with E-state index in [2.05, 4.69) is 26.9 Å². The number of H-pyrrole nitrogens is 1. The van der Waals surface area contributed by atoms with Crippen LogP contribution in [0.2, 0.25) is 0 Å². The summed E-state index contributed by atoms with van der Waals surface area (Å²) < 4.78 is 18.6. The van der Waals surface area contributed by atoms with Crippen LogP contribution in [-0.2, 0) is 4.74 Å². The van der Waals surface area contributed by atoms with Crippen molar-refractivity contribution in [3.63, 3.8) is 0 Å². The van der Waals surface area contributed by atoms with E-state index < -0.39 is 5.97 Å². The normalized spacial score (nSPS) is 19.8. The zero-order valence-electron chi connectivity index (χ0n) is 18.1. The highest BCUT2D eigenvalue weighted by Gasteiger charge is 2.29. The van der Waals surface area contributed by atoms with E-state index >= 15 is 0 Å². The van der Waals surface area contributed by atoms with E-state index in [4.69, 9.17) is 4.74 Å². The third-order valence-corrected chi connectivity index (χ3v) is 6.86. The summed E-state index contributed by atoms with van der Waals surface area (Å²) in [7, 11) is 1.36. The molecule has 4 aromatic rings. The molecule has 0 unspecified atom stereocenters. The van der Waals surface area contributed by atoms with Gasteiger partial charge in [-0.1, -0.05) is 6.92 Å². The Hall–Kier alpha value is -3.35. The van der Waals surface area contributed by atoms with Crippen molar-refractivity contribution >= 4 is 28.0 Å². The molecule has 5 rings (SSSR count). The van der Waals surface area contributed by atoms with E-state index in [1.165, 1.54) is 24.9 Å². The molecule has 0 saturated heterocycles. The Morgan fingerprint density at radius 1 is 1.16 bits per heavy atom. The summed E-state index contributed by atoms with van der Waals surface area (Å²) in [4.78, 5) is 28.5. The van der Waals surface area contributed by atoms with E-state index in [0.29, 0.717) is 23.0 Å². The van der Waals surface area contributed by atoms with Crippen LogP contribution in [0.1, 0.15) is 66.2 Å². The number of nitrogens with one attached hydrogen (secondary N) is 1. The quantitative estimate of drug-likeness (QED) is 0.430. The minimum Gasteiger partial charge on any atom is -0.465 e. The van der Waals surface area contributed by atoms with Crippen LogP contribution in [-0.4, -0.2) is 33.0 Å². The Morgan fingerprint density at radius 3 is 2.75 bits per heavy atom. The van der Waals surface area contributed by atoms with Crippen molar-refractivity contribution in [1.82, 2.24) is 19.9 Å². The summed E-state index contributed by atoms with van der Waals surface area (Å²) in [5.41, 5.74) is 3.81. The fourth-order valence-corrected chi connectivity index (χ4v) is 5.01. The number of aromatic amines is 1. The molecule has 1 aliphatic rings. The molecule has 1 atom stereocenters. The number of aromatic nitrogens is 4. The Labute approximate surface area is 185 Å². The third kappa shape index (κ3) is 3.72. The predicted octanol–water partition coefficient (Wildman–Crippen LogP) is 5.51. The van der Waals surface area contributed by atoms with Crippen molar-refractivity contribution in [2.75, 3.05) is 7.11 Å². The zero-order chi connectivity index (χ0) is 22.2. The lowest BCUT2D eigenvalue weighted by atomic mass is 9.73. The number of nitrogens with zero attached hydrogens (tertiary/aromatic N) is 3. The highest BCUT2D eigenvalue weighted by molar-refractivity contribution is 5.92. The molecule has 1 aliphatic carbocycles. The van der Waals surface area contributed by atoms with Gasteiger partial charge in [-0.2, -0.15) is 0 Å². The van der Waals surface area contributed by atoms with Crippen LogP contribution in [0, 0.1) is 11.7 Å². The van der Waals surface area contributed by atoms with Crippen molar-refractivity contribution < 1.29 is 13.9 Å². The summed E-state index contributed by atoms with van der Waals surface area (Å²) in [5, 5.41) is 0.925. The van der Waals surface area contributed by atoms with Crippen LogP contribution < -0.4 is 0 Å². The number of rotatable bonds is 4. The highest BCUT2D eigenvalue weighted by atomic mass is 19.1. The summed E-state index contributed by atoms with van der Waals surface area (Å²) in [5.74, 6) is 1.42. The lowest BCUT2D eigenvalue weighted by Crippen LogP contribution is -2.19. The number of hydrogen-bond donors (Lipinski definition) is 1. The molecule has 1 aromatic carbocycles. The summed E-state index contributed by atoms with van der Waals surface area (Å²) in [6.07, 6.45) is 7.57. The number of esters is 1. The summed E-state index contributed by atoms with van der Waals surface area (Å²) in [6, 6.07) is 8.61. The molecule has 32 heavy (non-hydrogen) atoms. The minimum atomic E-state index is -0.412. The van der Waals surface area contributed by atoms with Crippen LogP contribution in [0.25, 0.3) is 22.1 Å². The first kappa shape index (κ1) is 20.5. The number of hydrogen-bond acceptors (Lipinski definition) is 5. The highest BCUT2D eigenvalue weighted by Crippen LogP contribution is 2.42. The maximum atomic E-state index is 13.8. The maximum absolute atomic E-state index is 13.8. The lowest BCUT2D eigenvalue weighted by Gasteiger charge is -2.32. The van der Waals surface area contributed by atoms with Gasteiger partial charge in [0.2, 0.25) is 0 Å². The average molecular weight is 432 g/mol. The monoisotopic (exact) mass is 432 g/mol. The van der Waals surface area contributed by atoms with Crippen molar-refractivity contribution in [3.8, 4) is 0 Å². The van der Waals surface area contributed by atoms with Gasteiger partial charge in [-0.15, -0.1) is 0 Å². The predicted molar refractivity (Wildman–Crippen MR) is 120 cm³/mol. The van der Waals surface area contributed by atoms with Gasteiger partial charge in [0.1, 0.15) is 11.6 Å². The first-order chi connectivity index (χ1) is 15.5. The van der Waals surface area contributed by atoms with E-state index in [1.54, 1.807) is 18.2 Å². The molecule has 1 saturated carbocycles. The number of imidazole rings is 1. The molecular formula is C25H25FN4O2. The van der Waals surface area contributed by atoms with E-state index in [1.807, 2.05) is 12.3 Å². The molecule has 0 aliphatic heterocycles. The van der Waals surface area contributed by atoms with Crippen LogP contribution in [0.4, 0.5) is 4.39 Å². The second-order valence-corrected chi connectivity index (χ2v) is 8.67. The minimum absolute atomic E-state index is 0.220. The summed E-state index contributed by atoms with van der Waals surface area (Å²) >= 11 is 0. The van der Waals surface area contributed by atoms with E-state index in [0.717, 1.165) is 47.9 Å². The molecular weight excluding hydrogens is 407 g/mol. The molecule has 1 N–H and O–H groups in total. The van der Waals surface area contributed by atoms with Gasteiger partial charge in [-0.3, -0.25) is 4.98 Å². The molecule has 0 spiro atoms. The molecule has 0 amide bonds. The molecule has 164 valence electrons. The van der Waals surface area contributed by atoms with Gasteiger partial charge in [0.25, 0.3) is 0 Å². The molecule has 3 aromatic heterocycles. The van der Waals surface area contributed by atoms with Crippen LogP contribution in [0.15, 0.2) is 42.7 Å². The second-order valence-electron chi connectivity index (χ2n) is 8.67. The van der Waals surface area contributed by atoms with E-state index in [-0.39, 0.29) is 11.7 Å². The Bertz CT molecular complexity index is 1290. The first-order valence-electron chi connectivity index (χ1n) is 11.0. The fraction of sp³-hybridized carbons (Fsp3) is 0.360. The van der Waals surface area contributed by atoms with Gasteiger partial charge in [0.05, 0.1) is 23.7 Å². The van der Waals surface area contributed by atoms with Crippen LogP contribution >= 0.6 is 0 Å². The van der Waals surface area contributed by atoms with Crippen molar-refractivity contribution in [3.05, 3.63) is 65.5 Å². The number of fused-ring (bicyclic) bond motifs is 2. The zero-order valence-corrected chi connectivity index (χ0v) is 18.1. The molecule has 1 fully saturated rings. The Balaban J connectivity index is 1.32. The molecule has 0 bridgehead atoms. The fourth-order valence-electron chi connectivity index (χ4n) is 5.01. The second kappa shape index (κ2) is 8.30. The molecule has 6 nitrogen and oxygen atoms in total. The summed E-state index contributed by atoms with van der Waals surface area (Å²) in [6.45, 7) is 2.20. The number of carbonyl (C=O) groups excluding carboxylic acids is 1. The van der Waals surface area contributed by atoms with Gasteiger partial charge >= 0.3 is 5.97 Å². The van der Waals surface area contributed by atoms with Crippen LogP contribution in [0.3, 0.4) is 0 Å². The number of benzene rings is 1. The van der Waals surface area contributed by atoms with Gasteiger partial charge < -0.3 is 9.72 Å². The van der Waals surface area contributed by atoms with Gasteiger partial charge in [0, 0.05) is 23.7 Å². The van der Waals surface area contributed by atoms with E-state index in [9.17, 15) is 9.18 Å². The maximum Gasteiger partial charge on any atom is 0.339 e. The number of ether oxygens (including phenoxy) is 1. The number of pyridine rings is 2. The largest absolute Gasteiger partial charge is 0.465 e. The average Bonchev–Trinajstić information content (AvgIpc) is 3.26. The van der Waals surface area contributed by atoms with Crippen molar-refractivity contribution in [2.45, 2.75) is 44.4 Å². The lowest BCUT2D eigenvalue weighted by molar-refractivity contribution is 0.0600. The number of carbonyl (C=O) groups is 1. The molecule has 7 heteroatoms. The Morgan fingerprint density at radius 2 is 1.97 bits per heavy atom. The van der Waals surface area contributed by atoms with Crippen molar-refractivity contribution in [1.29, 1.82) is 0 Å². The standard InChI is InChI=1S/C25H25FN4O2/c1-14(23-29-22-11-17(25(31)32-2)13-28-24(22)30-23)15-3-5-16(6-4-15)19-9-10-27-21-8-7-18(26)12-20(19)21/h7-16H,3-6H2,1-2H3,(H,28,29,30)/t14-,15?,16?/m1/s1. The molecule has 0 radical (unpaired) electrons. The topological polar surface area (TPSA) is 80.8 Å². The Kier molecular flexibility index (Phi) is 5.33.